The second-order valence-corrected chi connectivity index (χ2v) is 11.6. The molecule has 1 aromatic heterocycles. The number of hydrogen-bond donors (Lipinski definition) is 0. The van der Waals surface area contributed by atoms with Crippen molar-refractivity contribution in [2.75, 3.05) is 14.2 Å². The average molecular weight is 800 g/mol. The van der Waals surface area contributed by atoms with Crippen LogP contribution in [0.15, 0.2) is 54.9 Å². The van der Waals surface area contributed by atoms with Gasteiger partial charge < -0.3 is 0 Å². The van der Waals surface area contributed by atoms with Crippen molar-refractivity contribution in [2.24, 2.45) is 7.05 Å². The summed E-state index contributed by atoms with van der Waals surface area (Å²) in [6.45, 7) is 3.93. The maximum Gasteiger partial charge on any atom is 0.0435 e. The number of aromatic nitrogens is 2. The SMILES string of the molecule is COc1ccc(Cn2ccn(C)[c]2=[Pt])cc1OC.Cc1ccc(CN(I)I)cc1. The average Bonchev–Trinajstić information content (AvgIpc) is 3.02. The number of nitrogens with zero attached hydrogens (tertiary/aromatic N) is 3. The number of rotatable bonds is 6. The van der Waals surface area contributed by atoms with E-state index in [9.17, 15) is 0 Å². The minimum absolute atomic E-state index is 0.758. The van der Waals surface area contributed by atoms with Crippen LogP contribution in [0.5, 0.6) is 11.5 Å². The summed E-state index contributed by atoms with van der Waals surface area (Å²) in [4.78, 5) is 0. The van der Waals surface area contributed by atoms with Gasteiger partial charge in [0.05, 0.1) is 0 Å². The zero-order chi connectivity index (χ0) is 21.4. The van der Waals surface area contributed by atoms with Crippen LogP contribution in [-0.4, -0.2) is 24.7 Å². The van der Waals surface area contributed by atoms with E-state index in [-0.39, 0.29) is 0 Å². The number of aryl methyl sites for hydroxylation is 2. The fourth-order valence-corrected chi connectivity index (χ4v) is 3.92. The molecule has 160 valence electrons. The van der Waals surface area contributed by atoms with Crippen LogP contribution in [0.25, 0.3) is 0 Å². The third kappa shape index (κ3) is 7.84. The van der Waals surface area contributed by atoms with Crippen LogP contribution in [0, 0.1) is 10.7 Å². The van der Waals surface area contributed by atoms with Crippen LogP contribution in [0.1, 0.15) is 16.7 Å². The molecule has 1 heterocycles. The van der Waals surface area contributed by atoms with E-state index < -0.39 is 0 Å². The molecule has 0 amide bonds. The van der Waals surface area contributed by atoms with Crippen LogP contribution >= 0.6 is 45.7 Å². The summed E-state index contributed by atoms with van der Waals surface area (Å²) in [6, 6.07) is 14.6. The molecule has 0 N–H and O–H groups in total. The van der Waals surface area contributed by atoms with E-state index in [4.69, 9.17) is 9.47 Å². The molecule has 0 saturated heterocycles. The Morgan fingerprint density at radius 2 is 1.55 bits per heavy atom. The molecule has 0 aliphatic heterocycles. The molecule has 0 atom stereocenters. The maximum atomic E-state index is 5.31. The maximum absolute atomic E-state index is 5.31. The van der Waals surface area contributed by atoms with Gasteiger partial charge >= 0.3 is 117 Å². The van der Waals surface area contributed by atoms with Crippen molar-refractivity contribution >= 4 is 45.7 Å². The minimum Gasteiger partial charge on any atom is -0.184 e. The second kappa shape index (κ2) is 12.3. The normalized spacial score (nSPS) is 10.5. The third-order valence-corrected chi connectivity index (χ3v) is 6.32. The van der Waals surface area contributed by atoms with Crippen molar-refractivity contribution in [1.29, 1.82) is 0 Å². The number of benzene rings is 2. The van der Waals surface area contributed by atoms with Crippen molar-refractivity contribution in [1.82, 2.24) is 10.5 Å². The first-order valence-electron chi connectivity index (χ1n) is 8.86. The van der Waals surface area contributed by atoms with Gasteiger partial charge in [-0.1, -0.05) is 29.8 Å². The second-order valence-electron chi connectivity index (χ2n) is 6.41. The monoisotopic (exact) mass is 800 g/mol. The first-order valence-corrected chi connectivity index (χ1v) is 11.9. The summed E-state index contributed by atoms with van der Waals surface area (Å²) < 4.78 is 18.1. The predicted molar refractivity (Wildman–Crippen MR) is 130 cm³/mol. The van der Waals surface area contributed by atoms with Gasteiger partial charge in [0, 0.05) is 52.3 Å². The van der Waals surface area contributed by atoms with Crippen molar-refractivity contribution in [3.8, 4) is 11.5 Å². The Hall–Kier alpha value is -0.642. The van der Waals surface area contributed by atoms with Gasteiger partial charge in [-0.15, -0.1) is 0 Å². The van der Waals surface area contributed by atoms with Gasteiger partial charge in [-0.25, -0.2) is 0 Å². The van der Waals surface area contributed by atoms with E-state index in [0.29, 0.717) is 0 Å². The Kier molecular flexibility index (Phi) is 10.4. The van der Waals surface area contributed by atoms with E-state index in [1.165, 1.54) is 20.5 Å². The number of imidazole rings is 1. The number of hydrogen-bond acceptors (Lipinski definition) is 3. The molecule has 3 aromatic rings. The summed E-state index contributed by atoms with van der Waals surface area (Å²) in [5.41, 5.74) is 3.86. The number of ether oxygens (including phenoxy) is 2. The van der Waals surface area contributed by atoms with Crippen LogP contribution in [0.2, 0.25) is 0 Å². The Bertz CT molecular complexity index is 969. The number of halogens is 2. The van der Waals surface area contributed by atoms with E-state index >= 15 is 0 Å². The molecule has 0 spiro atoms. The molecule has 0 fully saturated rings. The molecule has 0 radical (unpaired) electrons. The molecule has 0 aliphatic rings. The molecule has 8 heteroatoms. The molecule has 5 nitrogen and oxygen atoms in total. The Labute approximate surface area is 211 Å². The summed E-state index contributed by atoms with van der Waals surface area (Å²) in [6.07, 6.45) is 4.11. The minimum atomic E-state index is 0.758. The van der Waals surface area contributed by atoms with Gasteiger partial charge in [-0.05, 0) is 12.5 Å². The van der Waals surface area contributed by atoms with Crippen LogP contribution in [0.3, 0.4) is 0 Å². The van der Waals surface area contributed by atoms with E-state index in [0.717, 1.165) is 24.6 Å². The third-order valence-electron chi connectivity index (χ3n) is 4.18. The van der Waals surface area contributed by atoms with E-state index in [1.54, 1.807) is 14.2 Å². The number of methoxy groups -OCH3 is 2. The fourth-order valence-electron chi connectivity index (χ4n) is 2.62. The largest absolute Gasteiger partial charge is 0.184 e. The molecule has 3 rings (SSSR count). The van der Waals surface area contributed by atoms with Gasteiger partial charge in [-0.2, -0.15) is 1.33 Å². The molecule has 0 aliphatic carbocycles. The Morgan fingerprint density at radius 3 is 2.07 bits per heavy atom. The molecule has 29 heavy (non-hydrogen) atoms. The first kappa shape index (κ1) is 24.6. The predicted octanol–water partition coefficient (Wildman–Crippen LogP) is 5.47. The Balaban J connectivity index is 0.000000234. The van der Waals surface area contributed by atoms with Crippen LogP contribution in [0.4, 0.5) is 0 Å². The van der Waals surface area contributed by atoms with Crippen LogP contribution < -0.4 is 9.47 Å². The summed E-state index contributed by atoms with van der Waals surface area (Å²) in [7, 11) is 5.33. The summed E-state index contributed by atoms with van der Waals surface area (Å²) >= 11 is 6.86. The quantitative estimate of drug-likeness (QED) is 0.245. The van der Waals surface area contributed by atoms with Crippen molar-refractivity contribution in [3.63, 3.8) is 0 Å². The van der Waals surface area contributed by atoms with E-state index in [2.05, 4.69) is 119 Å². The van der Waals surface area contributed by atoms with Gasteiger partial charge in [-0.3, -0.25) is 0 Å². The van der Waals surface area contributed by atoms with E-state index in [1.807, 2.05) is 25.4 Å². The van der Waals surface area contributed by atoms with Crippen LogP contribution in [-0.2, 0) is 39.5 Å². The molecule has 0 bridgehead atoms. The standard InChI is InChI=1S/C13H16N2O2.C8H9I2N.Pt/c1-14-6-7-15(10-14)9-11-4-5-12(16-2)13(8-11)17-3;1-7-2-4-8(5-3-7)6-11(9)10;/h4-8H,9H2,1-3H3;2-5H,6H2,1H3;. The molecular weight excluding hydrogens is 775 g/mol. The molecule has 0 unspecified atom stereocenters. The van der Waals surface area contributed by atoms with Gasteiger partial charge in [0.15, 0.2) is 0 Å². The molecular formula is C21H25I2N3O2Pt. The van der Waals surface area contributed by atoms with Gasteiger partial charge in [0.25, 0.3) is 0 Å². The molecule has 0 saturated carbocycles. The summed E-state index contributed by atoms with van der Waals surface area (Å²) in [5.74, 6) is 1.52. The zero-order valence-corrected chi connectivity index (χ0v) is 23.4. The topological polar surface area (TPSA) is 31.6 Å². The van der Waals surface area contributed by atoms with Crippen molar-refractivity contribution < 1.29 is 28.8 Å². The van der Waals surface area contributed by atoms with Gasteiger partial charge in [0.2, 0.25) is 0 Å². The smallest absolute Gasteiger partial charge is 0.0435 e. The summed E-state index contributed by atoms with van der Waals surface area (Å²) in [5, 5.41) is 0. The van der Waals surface area contributed by atoms with Gasteiger partial charge in [0.1, 0.15) is 0 Å². The zero-order valence-electron chi connectivity index (χ0n) is 16.8. The van der Waals surface area contributed by atoms with Crippen molar-refractivity contribution in [3.05, 3.63) is 75.4 Å². The van der Waals surface area contributed by atoms with Crippen molar-refractivity contribution in [2.45, 2.75) is 20.0 Å². The first-order chi connectivity index (χ1) is 13.8. The Morgan fingerprint density at radius 1 is 0.931 bits per heavy atom. The fraction of sp³-hybridized carbons (Fsp3) is 0.286. The molecule has 2 aromatic carbocycles.